The molecule has 0 saturated carbocycles. The van der Waals surface area contributed by atoms with Gasteiger partial charge in [0, 0.05) is 12.0 Å². The maximum atomic E-state index is 6.15. The van der Waals surface area contributed by atoms with E-state index in [1.807, 2.05) is 38.1 Å². The third-order valence-corrected chi connectivity index (χ3v) is 3.34. The van der Waals surface area contributed by atoms with Crippen molar-refractivity contribution in [3.8, 4) is 5.82 Å². The minimum Gasteiger partial charge on any atom is -0.221 e. The molecule has 0 aliphatic rings. The number of halogens is 1. The molecule has 0 amide bonds. The van der Waals surface area contributed by atoms with Crippen LogP contribution in [0.4, 0.5) is 0 Å². The van der Waals surface area contributed by atoms with Crippen LogP contribution in [-0.4, -0.2) is 25.0 Å². The molecule has 0 radical (unpaired) electrons. The van der Waals surface area contributed by atoms with Crippen LogP contribution in [0.5, 0.6) is 0 Å². The lowest BCUT2D eigenvalue weighted by atomic mass is 10.3. The van der Waals surface area contributed by atoms with Crippen LogP contribution in [0, 0.1) is 6.92 Å². The number of para-hydroxylation sites is 1. The van der Waals surface area contributed by atoms with Gasteiger partial charge in [-0.2, -0.15) is 4.68 Å². The van der Waals surface area contributed by atoms with Gasteiger partial charge in [-0.1, -0.05) is 35.9 Å². The molecule has 0 atom stereocenters. The predicted molar refractivity (Wildman–Crippen MR) is 73.6 cm³/mol. The van der Waals surface area contributed by atoms with Gasteiger partial charge in [-0.25, -0.2) is 9.97 Å². The molecule has 0 saturated heterocycles. The molecule has 1 aromatic carbocycles. The van der Waals surface area contributed by atoms with Crippen molar-refractivity contribution in [3.05, 3.63) is 40.8 Å². The van der Waals surface area contributed by atoms with Gasteiger partial charge in [0.2, 0.25) is 0 Å². The average Bonchev–Trinajstić information content (AvgIpc) is 2.85. The predicted octanol–water partition coefficient (Wildman–Crippen LogP) is 2.73. The van der Waals surface area contributed by atoms with Gasteiger partial charge >= 0.3 is 0 Å². The quantitative estimate of drug-likeness (QED) is 0.674. The number of benzene rings is 1. The summed E-state index contributed by atoms with van der Waals surface area (Å²) in [6.45, 7) is 3.87. The number of nitrogens with zero attached hydrogens (tertiary/aromatic N) is 5. The SMILES string of the molecule is CCc1nc(Cl)c(C)c(-n2nnc3ccccc32)n1. The van der Waals surface area contributed by atoms with Crippen LogP contribution in [0.25, 0.3) is 16.9 Å². The first-order chi connectivity index (χ1) is 9.20. The number of hydrogen-bond donors (Lipinski definition) is 0. The smallest absolute Gasteiger partial charge is 0.163 e. The van der Waals surface area contributed by atoms with E-state index in [4.69, 9.17) is 11.6 Å². The highest BCUT2D eigenvalue weighted by atomic mass is 35.5. The third-order valence-electron chi connectivity index (χ3n) is 2.98. The monoisotopic (exact) mass is 273 g/mol. The van der Waals surface area contributed by atoms with Crippen LogP contribution in [-0.2, 0) is 6.42 Å². The van der Waals surface area contributed by atoms with Crippen LogP contribution in [0.2, 0.25) is 5.15 Å². The highest BCUT2D eigenvalue weighted by Gasteiger charge is 2.14. The summed E-state index contributed by atoms with van der Waals surface area (Å²) in [5, 5.41) is 8.75. The van der Waals surface area contributed by atoms with E-state index in [1.54, 1.807) is 4.68 Å². The first kappa shape index (κ1) is 12.0. The molecule has 3 aromatic rings. The Balaban J connectivity index is 2.29. The van der Waals surface area contributed by atoms with E-state index in [9.17, 15) is 0 Å². The molecule has 3 rings (SSSR count). The fraction of sp³-hybridized carbons (Fsp3) is 0.231. The largest absolute Gasteiger partial charge is 0.221 e. The van der Waals surface area contributed by atoms with Gasteiger partial charge in [0.15, 0.2) is 5.82 Å². The fourth-order valence-electron chi connectivity index (χ4n) is 1.91. The normalized spacial score (nSPS) is 11.1. The summed E-state index contributed by atoms with van der Waals surface area (Å²) >= 11 is 6.15. The van der Waals surface area contributed by atoms with Gasteiger partial charge in [-0.3, -0.25) is 0 Å². The topological polar surface area (TPSA) is 56.5 Å². The molecular formula is C13H12ClN5. The lowest BCUT2D eigenvalue weighted by Crippen LogP contribution is -2.07. The Hall–Kier alpha value is -2.01. The average molecular weight is 274 g/mol. The Morgan fingerprint density at radius 2 is 2.00 bits per heavy atom. The zero-order chi connectivity index (χ0) is 13.4. The van der Waals surface area contributed by atoms with Gasteiger partial charge in [0.1, 0.15) is 16.5 Å². The molecule has 0 N–H and O–H groups in total. The van der Waals surface area contributed by atoms with E-state index < -0.39 is 0 Å². The second-order valence-electron chi connectivity index (χ2n) is 4.22. The van der Waals surface area contributed by atoms with Crippen LogP contribution in [0.1, 0.15) is 18.3 Å². The van der Waals surface area contributed by atoms with Gasteiger partial charge in [0.25, 0.3) is 0 Å². The van der Waals surface area contributed by atoms with Crippen LogP contribution in [0.15, 0.2) is 24.3 Å². The Labute approximate surface area is 115 Å². The van der Waals surface area contributed by atoms with Crippen molar-refractivity contribution in [2.45, 2.75) is 20.3 Å². The Kier molecular flexibility index (Phi) is 2.91. The Morgan fingerprint density at radius 3 is 2.79 bits per heavy atom. The van der Waals surface area contributed by atoms with Crippen molar-refractivity contribution >= 4 is 22.6 Å². The van der Waals surface area contributed by atoms with Crippen molar-refractivity contribution in [1.82, 2.24) is 25.0 Å². The summed E-state index contributed by atoms with van der Waals surface area (Å²) in [4.78, 5) is 8.74. The summed E-state index contributed by atoms with van der Waals surface area (Å²) in [6.07, 6.45) is 0.722. The summed E-state index contributed by atoms with van der Waals surface area (Å²) in [7, 11) is 0. The number of aromatic nitrogens is 5. The standard InChI is InChI=1S/C13H12ClN5/c1-3-11-15-12(14)8(2)13(16-11)19-10-7-5-4-6-9(10)17-18-19/h4-7H,3H2,1-2H3. The molecule has 0 spiro atoms. The molecule has 0 bridgehead atoms. The van der Waals surface area contributed by atoms with Gasteiger partial charge in [0.05, 0.1) is 5.52 Å². The zero-order valence-corrected chi connectivity index (χ0v) is 11.4. The van der Waals surface area contributed by atoms with Crippen LogP contribution >= 0.6 is 11.6 Å². The molecule has 96 valence electrons. The van der Waals surface area contributed by atoms with Crippen LogP contribution < -0.4 is 0 Å². The minimum absolute atomic E-state index is 0.460. The lowest BCUT2D eigenvalue weighted by Gasteiger charge is -2.08. The van der Waals surface area contributed by atoms with Gasteiger partial charge in [-0.15, -0.1) is 5.10 Å². The maximum Gasteiger partial charge on any atom is 0.163 e. The maximum absolute atomic E-state index is 6.15. The molecule has 0 unspecified atom stereocenters. The van der Waals surface area contributed by atoms with Crippen molar-refractivity contribution in [3.63, 3.8) is 0 Å². The van der Waals surface area contributed by atoms with Crippen molar-refractivity contribution in [1.29, 1.82) is 0 Å². The van der Waals surface area contributed by atoms with E-state index in [2.05, 4.69) is 20.3 Å². The highest BCUT2D eigenvalue weighted by Crippen LogP contribution is 2.22. The Bertz CT molecular complexity index is 750. The van der Waals surface area contributed by atoms with Crippen LogP contribution in [0.3, 0.4) is 0 Å². The summed E-state index contributed by atoms with van der Waals surface area (Å²) in [6, 6.07) is 7.74. The number of hydrogen-bond acceptors (Lipinski definition) is 4. The molecule has 6 heteroatoms. The van der Waals surface area contributed by atoms with E-state index >= 15 is 0 Å². The first-order valence-electron chi connectivity index (χ1n) is 6.04. The number of fused-ring (bicyclic) bond motifs is 1. The lowest BCUT2D eigenvalue weighted by molar-refractivity contribution is 0.774. The van der Waals surface area contributed by atoms with E-state index in [0.29, 0.717) is 16.8 Å². The van der Waals surface area contributed by atoms with Crippen molar-refractivity contribution in [2.24, 2.45) is 0 Å². The number of rotatable bonds is 2. The van der Waals surface area contributed by atoms with E-state index in [0.717, 1.165) is 23.0 Å². The van der Waals surface area contributed by atoms with Gasteiger partial charge in [-0.05, 0) is 19.1 Å². The number of aryl methyl sites for hydroxylation is 1. The first-order valence-corrected chi connectivity index (χ1v) is 6.42. The summed E-state index contributed by atoms with van der Waals surface area (Å²) in [5.74, 6) is 1.38. The van der Waals surface area contributed by atoms with E-state index in [-0.39, 0.29) is 0 Å². The summed E-state index contributed by atoms with van der Waals surface area (Å²) in [5.41, 5.74) is 2.53. The summed E-state index contributed by atoms with van der Waals surface area (Å²) < 4.78 is 1.71. The molecule has 5 nitrogen and oxygen atoms in total. The second kappa shape index (κ2) is 4.59. The molecule has 0 aliphatic heterocycles. The van der Waals surface area contributed by atoms with Gasteiger partial charge < -0.3 is 0 Å². The zero-order valence-electron chi connectivity index (χ0n) is 10.6. The Morgan fingerprint density at radius 1 is 1.21 bits per heavy atom. The minimum atomic E-state index is 0.460. The van der Waals surface area contributed by atoms with E-state index in [1.165, 1.54) is 0 Å². The molecular weight excluding hydrogens is 262 g/mol. The highest BCUT2D eigenvalue weighted by molar-refractivity contribution is 6.30. The molecule has 2 aromatic heterocycles. The second-order valence-corrected chi connectivity index (χ2v) is 4.58. The van der Waals surface area contributed by atoms with Crippen molar-refractivity contribution < 1.29 is 0 Å². The molecule has 0 aliphatic carbocycles. The fourth-order valence-corrected chi connectivity index (χ4v) is 2.09. The molecule has 2 heterocycles. The molecule has 0 fully saturated rings. The van der Waals surface area contributed by atoms with Crippen molar-refractivity contribution in [2.75, 3.05) is 0 Å². The third kappa shape index (κ3) is 1.96. The molecule has 19 heavy (non-hydrogen) atoms.